The van der Waals surface area contributed by atoms with Crippen LogP contribution in [0.1, 0.15) is 29.9 Å². The van der Waals surface area contributed by atoms with E-state index < -0.39 is 0 Å². The number of rotatable bonds is 5. The first-order valence-corrected chi connectivity index (χ1v) is 8.30. The summed E-state index contributed by atoms with van der Waals surface area (Å²) in [6.07, 6.45) is 3.45. The van der Waals surface area contributed by atoms with E-state index in [-0.39, 0.29) is 18.1 Å². The minimum absolute atomic E-state index is 0.0373. The first-order valence-electron chi connectivity index (χ1n) is 8.30. The van der Waals surface area contributed by atoms with Crippen LogP contribution in [0.15, 0.2) is 53.5 Å². The fraction of sp³-hybridized carbons (Fsp3) is 0.368. The molecule has 1 saturated heterocycles. The maximum absolute atomic E-state index is 12.2. The third-order valence-electron chi connectivity index (χ3n) is 4.46. The highest BCUT2D eigenvalue weighted by molar-refractivity contribution is 5.77. The number of pyridine rings is 1. The van der Waals surface area contributed by atoms with Crippen molar-refractivity contribution in [3.8, 4) is 0 Å². The molecule has 0 bridgehead atoms. The number of aromatic nitrogens is 1. The lowest BCUT2D eigenvalue weighted by Gasteiger charge is -2.32. The molecule has 0 unspecified atom stereocenters. The number of ether oxygens (including phenoxy) is 1. The van der Waals surface area contributed by atoms with Crippen LogP contribution in [0.3, 0.4) is 0 Å². The van der Waals surface area contributed by atoms with E-state index in [1.807, 2.05) is 41.3 Å². The molecule has 0 aliphatic carbocycles. The Morgan fingerprint density at radius 2 is 1.92 bits per heavy atom. The fourth-order valence-electron chi connectivity index (χ4n) is 3.10. The molecular weight excluding hydrogens is 304 g/mol. The molecule has 1 aromatic heterocycles. The van der Waals surface area contributed by atoms with Crippen LogP contribution in [-0.4, -0.2) is 35.5 Å². The van der Waals surface area contributed by atoms with Gasteiger partial charge in [0.2, 0.25) is 11.5 Å². The van der Waals surface area contributed by atoms with Gasteiger partial charge < -0.3 is 14.6 Å². The van der Waals surface area contributed by atoms with Crippen LogP contribution in [0.5, 0.6) is 0 Å². The van der Waals surface area contributed by atoms with Gasteiger partial charge in [-0.05, 0) is 36.0 Å². The average Bonchev–Trinajstić information content (AvgIpc) is 2.63. The zero-order chi connectivity index (χ0) is 16.8. The van der Waals surface area contributed by atoms with E-state index in [9.17, 15) is 9.59 Å². The molecule has 1 amide bonds. The number of piperidine rings is 1. The SMILES string of the molecule is O=C(COCc1ccccc1)N1CCC(c2cc[nH]c(=O)c2)CC1. The zero-order valence-electron chi connectivity index (χ0n) is 13.6. The minimum atomic E-state index is -0.0692. The highest BCUT2D eigenvalue weighted by Gasteiger charge is 2.23. The van der Waals surface area contributed by atoms with Crippen LogP contribution in [0.2, 0.25) is 0 Å². The Bertz CT molecular complexity index is 719. The second kappa shape index (κ2) is 7.93. The van der Waals surface area contributed by atoms with Gasteiger partial charge in [-0.25, -0.2) is 0 Å². The predicted molar refractivity (Wildman–Crippen MR) is 91.7 cm³/mol. The van der Waals surface area contributed by atoms with E-state index in [0.29, 0.717) is 25.6 Å². The summed E-state index contributed by atoms with van der Waals surface area (Å²) in [5.74, 6) is 0.386. The van der Waals surface area contributed by atoms with Gasteiger partial charge in [0, 0.05) is 25.4 Å². The maximum Gasteiger partial charge on any atom is 0.248 e. The second-order valence-electron chi connectivity index (χ2n) is 6.12. The topological polar surface area (TPSA) is 62.4 Å². The maximum atomic E-state index is 12.2. The van der Waals surface area contributed by atoms with Crippen LogP contribution in [0.4, 0.5) is 0 Å². The molecule has 1 aromatic carbocycles. The molecule has 2 aromatic rings. The molecule has 0 spiro atoms. The van der Waals surface area contributed by atoms with E-state index in [4.69, 9.17) is 4.74 Å². The molecule has 0 radical (unpaired) electrons. The van der Waals surface area contributed by atoms with Crippen molar-refractivity contribution in [3.05, 3.63) is 70.1 Å². The van der Waals surface area contributed by atoms with Gasteiger partial charge in [-0.3, -0.25) is 9.59 Å². The molecule has 24 heavy (non-hydrogen) atoms. The quantitative estimate of drug-likeness (QED) is 0.917. The molecule has 0 saturated carbocycles. The first-order chi connectivity index (χ1) is 11.7. The average molecular weight is 326 g/mol. The Hall–Kier alpha value is -2.40. The molecule has 1 aliphatic heterocycles. The van der Waals surface area contributed by atoms with Crippen LogP contribution < -0.4 is 5.56 Å². The van der Waals surface area contributed by atoms with Crippen molar-refractivity contribution < 1.29 is 9.53 Å². The number of amides is 1. The standard InChI is InChI=1S/C19H22N2O3/c22-18-12-17(6-9-20-18)16-7-10-21(11-8-16)19(23)14-24-13-15-4-2-1-3-5-15/h1-6,9,12,16H,7-8,10-11,13-14H2,(H,20,22). The van der Waals surface area contributed by atoms with Gasteiger partial charge in [-0.1, -0.05) is 30.3 Å². The van der Waals surface area contributed by atoms with Crippen molar-refractivity contribution in [3.63, 3.8) is 0 Å². The molecular formula is C19H22N2O3. The largest absolute Gasteiger partial charge is 0.367 e. The summed E-state index contributed by atoms with van der Waals surface area (Å²) in [6, 6.07) is 13.5. The number of hydrogen-bond acceptors (Lipinski definition) is 3. The Morgan fingerprint density at radius 3 is 2.62 bits per heavy atom. The molecule has 2 heterocycles. The van der Waals surface area contributed by atoms with Crippen molar-refractivity contribution in [2.24, 2.45) is 0 Å². The lowest BCUT2D eigenvalue weighted by Crippen LogP contribution is -2.40. The summed E-state index contributed by atoms with van der Waals surface area (Å²) in [6.45, 7) is 2.00. The van der Waals surface area contributed by atoms with Gasteiger partial charge in [-0.2, -0.15) is 0 Å². The summed E-state index contributed by atoms with van der Waals surface area (Å²) in [5, 5.41) is 0. The number of carbonyl (C=O) groups is 1. The highest BCUT2D eigenvalue weighted by atomic mass is 16.5. The van der Waals surface area contributed by atoms with E-state index in [0.717, 1.165) is 24.0 Å². The number of carbonyl (C=O) groups excluding carboxylic acids is 1. The second-order valence-corrected chi connectivity index (χ2v) is 6.12. The monoisotopic (exact) mass is 326 g/mol. The molecule has 0 atom stereocenters. The molecule has 1 N–H and O–H groups in total. The Morgan fingerprint density at radius 1 is 1.17 bits per heavy atom. The summed E-state index contributed by atoms with van der Waals surface area (Å²) in [4.78, 5) is 28.1. The fourth-order valence-corrected chi connectivity index (χ4v) is 3.10. The predicted octanol–water partition coefficient (Wildman–Crippen LogP) is 2.30. The zero-order valence-corrected chi connectivity index (χ0v) is 13.6. The Kier molecular flexibility index (Phi) is 5.43. The number of benzene rings is 1. The van der Waals surface area contributed by atoms with Crippen molar-refractivity contribution in [1.29, 1.82) is 0 Å². The lowest BCUT2D eigenvalue weighted by atomic mass is 9.90. The minimum Gasteiger partial charge on any atom is -0.367 e. The number of nitrogens with zero attached hydrogens (tertiary/aromatic N) is 1. The van der Waals surface area contributed by atoms with Crippen molar-refractivity contribution >= 4 is 5.91 Å². The van der Waals surface area contributed by atoms with Gasteiger partial charge in [0.15, 0.2) is 0 Å². The van der Waals surface area contributed by atoms with Gasteiger partial charge in [0.05, 0.1) is 6.61 Å². The summed E-state index contributed by atoms with van der Waals surface area (Å²) in [5.41, 5.74) is 2.06. The third-order valence-corrected chi connectivity index (χ3v) is 4.46. The smallest absolute Gasteiger partial charge is 0.248 e. The van der Waals surface area contributed by atoms with Gasteiger partial charge in [-0.15, -0.1) is 0 Å². The first kappa shape index (κ1) is 16.5. The number of aromatic amines is 1. The third kappa shape index (κ3) is 4.32. The van der Waals surface area contributed by atoms with Crippen LogP contribution in [0.25, 0.3) is 0 Å². The molecule has 3 rings (SSSR count). The molecule has 5 nitrogen and oxygen atoms in total. The van der Waals surface area contributed by atoms with E-state index in [1.54, 1.807) is 12.3 Å². The van der Waals surface area contributed by atoms with Gasteiger partial charge in [0.1, 0.15) is 6.61 Å². The molecule has 126 valence electrons. The molecule has 5 heteroatoms. The van der Waals surface area contributed by atoms with Crippen LogP contribution >= 0.6 is 0 Å². The summed E-state index contributed by atoms with van der Waals surface area (Å²) < 4.78 is 5.53. The van der Waals surface area contributed by atoms with Crippen LogP contribution in [0, 0.1) is 0 Å². The number of nitrogens with one attached hydrogen (secondary N) is 1. The summed E-state index contributed by atoms with van der Waals surface area (Å²) >= 11 is 0. The molecule has 1 aliphatic rings. The van der Waals surface area contributed by atoms with E-state index >= 15 is 0 Å². The van der Waals surface area contributed by atoms with Crippen LogP contribution in [-0.2, 0) is 16.1 Å². The number of hydrogen-bond donors (Lipinski definition) is 1. The highest BCUT2D eigenvalue weighted by Crippen LogP contribution is 2.26. The van der Waals surface area contributed by atoms with Gasteiger partial charge >= 0.3 is 0 Å². The normalized spacial score (nSPS) is 15.4. The number of H-pyrrole nitrogens is 1. The summed E-state index contributed by atoms with van der Waals surface area (Å²) in [7, 11) is 0. The Balaban J connectivity index is 1.44. The van der Waals surface area contributed by atoms with E-state index in [2.05, 4.69) is 4.98 Å². The van der Waals surface area contributed by atoms with E-state index in [1.165, 1.54) is 0 Å². The van der Waals surface area contributed by atoms with Crippen molar-refractivity contribution in [2.75, 3.05) is 19.7 Å². The number of likely N-dealkylation sites (tertiary alicyclic amines) is 1. The van der Waals surface area contributed by atoms with Crippen molar-refractivity contribution in [2.45, 2.75) is 25.4 Å². The molecule has 1 fully saturated rings. The Labute approximate surface area is 141 Å². The van der Waals surface area contributed by atoms with Gasteiger partial charge in [0.25, 0.3) is 0 Å². The van der Waals surface area contributed by atoms with Crippen molar-refractivity contribution in [1.82, 2.24) is 9.88 Å². The lowest BCUT2D eigenvalue weighted by molar-refractivity contribution is -0.137.